The SMILES string of the molecule is CC1(C)C(Nc2ccccc2SC(F)F)[C@]2(C)CC[C@H]1C2. The zero-order valence-electron chi connectivity index (χ0n) is 12.8. The number of rotatable bonds is 4. The minimum atomic E-state index is -2.38. The van der Waals surface area contributed by atoms with Gasteiger partial charge in [-0.05, 0) is 48.1 Å². The number of benzene rings is 1. The van der Waals surface area contributed by atoms with Crippen LogP contribution in [0.2, 0.25) is 0 Å². The monoisotopic (exact) mass is 311 g/mol. The molecule has 21 heavy (non-hydrogen) atoms. The molecule has 0 amide bonds. The van der Waals surface area contributed by atoms with Gasteiger partial charge < -0.3 is 5.32 Å². The number of alkyl halides is 2. The first-order valence-electron chi connectivity index (χ1n) is 7.63. The van der Waals surface area contributed by atoms with Gasteiger partial charge in [0.2, 0.25) is 0 Å². The van der Waals surface area contributed by atoms with Gasteiger partial charge in [0, 0.05) is 16.6 Å². The molecule has 116 valence electrons. The summed E-state index contributed by atoms with van der Waals surface area (Å²) in [6, 6.07) is 7.80. The van der Waals surface area contributed by atoms with E-state index < -0.39 is 5.76 Å². The lowest BCUT2D eigenvalue weighted by molar-refractivity contribution is 0.155. The standard InChI is InChI=1S/C17H23F2NS/c1-16(2)11-8-9-17(3,10-11)14(16)20-12-6-4-5-7-13(12)21-15(18)19/h4-7,11,14-15,20H,8-10H2,1-3H3/t11-,14?,17+/m0/s1. The molecule has 1 nitrogen and oxygen atoms in total. The van der Waals surface area contributed by atoms with E-state index in [1.165, 1.54) is 19.3 Å². The van der Waals surface area contributed by atoms with Gasteiger partial charge in [-0.2, -0.15) is 8.78 Å². The lowest BCUT2D eigenvalue weighted by atomic mass is 9.68. The number of thioether (sulfide) groups is 1. The number of hydrogen-bond acceptors (Lipinski definition) is 2. The van der Waals surface area contributed by atoms with Crippen molar-refractivity contribution in [2.24, 2.45) is 16.7 Å². The summed E-state index contributed by atoms with van der Waals surface area (Å²) in [4.78, 5) is 0.648. The van der Waals surface area contributed by atoms with Gasteiger partial charge in [-0.25, -0.2) is 0 Å². The van der Waals surface area contributed by atoms with Crippen molar-refractivity contribution in [2.45, 2.75) is 56.7 Å². The predicted octanol–water partition coefficient (Wildman–Crippen LogP) is 5.63. The lowest BCUT2D eigenvalue weighted by Crippen LogP contribution is -2.45. The molecule has 1 N–H and O–H groups in total. The zero-order valence-corrected chi connectivity index (χ0v) is 13.6. The molecular formula is C17H23F2NS. The third kappa shape index (κ3) is 2.56. The van der Waals surface area contributed by atoms with Gasteiger partial charge in [0.15, 0.2) is 0 Å². The second kappa shape index (κ2) is 5.15. The Bertz CT molecular complexity index is 527. The van der Waals surface area contributed by atoms with E-state index in [0.29, 0.717) is 22.7 Å². The fraction of sp³-hybridized carbons (Fsp3) is 0.647. The Kier molecular flexibility index (Phi) is 3.71. The first-order valence-corrected chi connectivity index (χ1v) is 8.51. The highest BCUT2D eigenvalue weighted by Gasteiger charge is 2.59. The highest BCUT2D eigenvalue weighted by molar-refractivity contribution is 7.99. The fourth-order valence-corrected chi connectivity index (χ4v) is 5.21. The topological polar surface area (TPSA) is 12.0 Å². The van der Waals surface area contributed by atoms with E-state index in [2.05, 4.69) is 26.1 Å². The maximum Gasteiger partial charge on any atom is 0.288 e. The molecule has 3 atom stereocenters. The molecule has 1 aromatic carbocycles. The molecule has 0 heterocycles. The summed E-state index contributed by atoms with van der Waals surface area (Å²) in [6.45, 7) is 6.99. The molecule has 2 fully saturated rings. The summed E-state index contributed by atoms with van der Waals surface area (Å²) in [6.07, 6.45) is 3.79. The van der Waals surface area contributed by atoms with E-state index in [0.717, 1.165) is 11.6 Å². The van der Waals surface area contributed by atoms with Crippen LogP contribution in [0.1, 0.15) is 40.0 Å². The van der Waals surface area contributed by atoms with Crippen LogP contribution in [0.25, 0.3) is 0 Å². The highest BCUT2D eigenvalue weighted by Crippen LogP contribution is 2.63. The number of halogens is 2. The van der Waals surface area contributed by atoms with E-state index in [-0.39, 0.29) is 10.8 Å². The normalized spacial score (nSPS) is 33.6. The number of hydrogen-bond donors (Lipinski definition) is 1. The van der Waals surface area contributed by atoms with Crippen molar-refractivity contribution >= 4 is 17.4 Å². The van der Waals surface area contributed by atoms with Crippen LogP contribution in [0.5, 0.6) is 0 Å². The Morgan fingerprint density at radius 2 is 1.95 bits per heavy atom. The molecule has 3 rings (SSSR count). The van der Waals surface area contributed by atoms with Crippen molar-refractivity contribution in [1.82, 2.24) is 0 Å². The fourth-order valence-electron chi connectivity index (χ4n) is 4.60. The summed E-state index contributed by atoms with van der Waals surface area (Å²) in [5.74, 6) is -1.63. The minimum Gasteiger partial charge on any atom is -0.380 e. The van der Waals surface area contributed by atoms with Crippen molar-refractivity contribution in [3.63, 3.8) is 0 Å². The highest BCUT2D eigenvalue weighted by atomic mass is 32.2. The van der Waals surface area contributed by atoms with Crippen molar-refractivity contribution < 1.29 is 8.78 Å². The van der Waals surface area contributed by atoms with Crippen molar-refractivity contribution in [3.05, 3.63) is 24.3 Å². The van der Waals surface area contributed by atoms with E-state index >= 15 is 0 Å². The maximum absolute atomic E-state index is 12.7. The van der Waals surface area contributed by atoms with Gasteiger partial charge >= 0.3 is 0 Å². The average molecular weight is 311 g/mol. The Morgan fingerprint density at radius 1 is 1.24 bits per heavy atom. The van der Waals surface area contributed by atoms with Crippen molar-refractivity contribution in [3.8, 4) is 0 Å². The van der Waals surface area contributed by atoms with Gasteiger partial charge in [0.25, 0.3) is 5.76 Å². The number of fused-ring (bicyclic) bond motifs is 2. The van der Waals surface area contributed by atoms with Crippen LogP contribution in [0, 0.1) is 16.7 Å². The van der Waals surface area contributed by atoms with Gasteiger partial charge in [0.05, 0.1) is 0 Å². The van der Waals surface area contributed by atoms with E-state index in [9.17, 15) is 8.78 Å². The first-order chi connectivity index (χ1) is 9.83. The second-order valence-corrected chi connectivity index (χ2v) is 8.40. The molecule has 0 spiro atoms. The number of nitrogens with one attached hydrogen (secondary N) is 1. The molecule has 2 bridgehead atoms. The molecule has 2 saturated carbocycles. The second-order valence-electron chi connectivity index (χ2n) is 7.37. The smallest absolute Gasteiger partial charge is 0.288 e. The van der Waals surface area contributed by atoms with Gasteiger partial charge in [-0.15, -0.1) is 0 Å². The Balaban J connectivity index is 1.87. The average Bonchev–Trinajstić information content (AvgIpc) is 2.87. The van der Waals surface area contributed by atoms with Gasteiger partial charge in [0.1, 0.15) is 0 Å². The summed E-state index contributed by atoms with van der Waals surface area (Å²) < 4.78 is 25.5. The van der Waals surface area contributed by atoms with Crippen molar-refractivity contribution in [1.29, 1.82) is 0 Å². The first kappa shape index (κ1) is 15.1. The van der Waals surface area contributed by atoms with Crippen LogP contribution in [-0.4, -0.2) is 11.8 Å². The molecule has 2 aliphatic carbocycles. The molecule has 1 unspecified atom stereocenters. The Morgan fingerprint density at radius 3 is 2.57 bits per heavy atom. The predicted molar refractivity (Wildman–Crippen MR) is 84.9 cm³/mol. The third-order valence-electron chi connectivity index (χ3n) is 5.67. The molecular weight excluding hydrogens is 288 g/mol. The van der Waals surface area contributed by atoms with Gasteiger partial charge in [-0.3, -0.25) is 0 Å². The summed E-state index contributed by atoms with van der Waals surface area (Å²) in [5, 5.41) is 3.62. The Hall–Kier alpha value is -0.770. The largest absolute Gasteiger partial charge is 0.380 e. The molecule has 0 aliphatic heterocycles. The van der Waals surface area contributed by atoms with Crippen molar-refractivity contribution in [2.75, 3.05) is 5.32 Å². The molecule has 0 radical (unpaired) electrons. The molecule has 0 aromatic heterocycles. The number of para-hydroxylation sites is 1. The number of anilines is 1. The van der Waals surface area contributed by atoms with E-state index in [4.69, 9.17) is 0 Å². The molecule has 4 heteroatoms. The van der Waals surface area contributed by atoms with Crippen LogP contribution < -0.4 is 5.32 Å². The summed E-state index contributed by atoms with van der Waals surface area (Å²) in [7, 11) is 0. The van der Waals surface area contributed by atoms with Crippen LogP contribution >= 0.6 is 11.8 Å². The summed E-state index contributed by atoms with van der Waals surface area (Å²) in [5.41, 5.74) is 1.36. The van der Waals surface area contributed by atoms with E-state index in [1.807, 2.05) is 18.2 Å². The maximum atomic E-state index is 12.7. The Labute approximate surface area is 129 Å². The minimum absolute atomic E-state index is 0.218. The van der Waals surface area contributed by atoms with Crippen LogP contribution in [-0.2, 0) is 0 Å². The van der Waals surface area contributed by atoms with Crippen LogP contribution in [0.3, 0.4) is 0 Å². The molecule has 0 saturated heterocycles. The molecule has 1 aromatic rings. The van der Waals surface area contributed by atoms with E-state index in [1.54, 1.807) is 6.07 Å². The molecule has 2 aliphatic rings. The third-order valence-corrected chi connectivity index (χ3v) is 6.46. The lowest BCUT2D eigenvalue weighted by Gasteiger charge is -2.44. The van der Waals surface area contributed by atoms with Crippen LogP contribution in [0.4, 0.5) is 14.5 Å². The summed E-state index contributed by atoms with van der Waals surface area (Å²) >= 11 is 0.632. The zero-order chi connectivity index (χ0) is 15.3. The van der Waals surface area contributed by atoms with Crippen LogP contribution in [0.15, 0.2) is 29.2 Å². The quantitative estimate of drug-likeness (QED) is 0.723. The van der Waals surface area contributed by atoms with Gasteiger partial charge in [-0.1, -0.05) is 44.7 Å².